The molecule has 1 aromatic carbocycles. The summed E-state index contributed by atoms with van der Waals surface area (Å²) in [6.45, 7) is 0.933. The number of carboxylic acids is 1. The van der Waals surface area contributed by atoms with Gasteiger partial charge in [0.2, 0.25) is 0 Å². The molecule has 0 spiro atoms. The van der Waals surface area contributed by atoms with Crippen LogP contribution in [0, 0.1) is 11.7 Å². The molecule has 0 saturated carbocycles. The first kappa shape index (κ1) is 12.3. The summed E-state index contributed by atoms with van der Waals surface area (Å²) in [5, 5.41) is 9.45. The summed E-state index contributed by atoms with van der Waals surface area (Å²) >= 11 is 5.98. The molecule has 17 heavy (non-hydrogen) atoms. The van der Waals surface area contributed by atoms with E-state index in [1.807, 2.05) is 11.9 Å². The van der Waals surface area contributed by atoms with E-state index in [0.29, 0.717) is 23.7 Å². The van der Waals surface area contributed by atoms with Gasteiger partial charge in [0.25, 0.3) is 0 Å². The van der Waals surface area contributed by atoms with Gasteiger partial charge < -0.3 is 10.0 Å². The first-order chi connectivity index (χ1) is 8.00. The number of aliphatic carboxylic acids is 1. The van der Waals surface area contributed by atoms with Crippen LogP contribution in [0.1, 0.15) is 11.5 Å². The van der Waals surface area contributed by atoms with Crippen LogP contribution in [-0.4, -0.2) is 36.1 Å². The summed E-state index contributed by atoms with van der Waals surface area (Å²) in [6.07, 6.45) is 0. The van der Waals surface area contributed by atoms with Crippen LogP contribution in [0.4, 0.5) is 4.39 Å². The number of hydrogen-bond acceptors (Lipinski definition) is 2. The van der Waals surface area contributed by atoms with Crippen LogP contribution in [0.3, 0.4) is 0 Å². The minimum absolute atomic E-state index is 0.302. The molecule has 5 heteroatoms. The highest BCUT2D eigenvalue weighted by molar-refractivity contribution is 6.31. The van der Waals surface area contributed by atoms with E-state index in [9.17, 15) is 9.18 Å². The smallest absolute Gasteiger partial charge is 0.308 e. The number of halogens is 2. The van der Waals surface area contributed by atoms with E-state index in [0.717, 1.165) is 0 Å². The van der Waals surface area contributed by atoms with Crippen molar-refractivity contribution in [2.75, 3.05) is 20.1 Å². The molecular weight excluding hydrogens is 245 g/mol. The lowest BCUT2D eigenvalue weighted by molar-refractivity contribution is -0.141. The van der Waals surface area contributed by atoms with Crippen molar-refractivity contribution in [1.29, 1.82) is 0 Å². The second-order valence-electron chi connectivity index (χ2n) is 4.41. The molecule has 2 atom stereocenters. The minimum Gasteiger partial charge on any atom is -0.481 e. The van der Waals surface area contributed by atoms with Gasteiger partial charge in [0.05, 0.1) is 5.92 Å². The largest absolute Gasteiger partial charge is 0.481 e. The lowest BCUT2D eigenvalue weighted by atomic mass is 9.88. The molecule has 0 aromatic heterocycles. The Labute approximate surface area is 104 Å². The van der Waals surface area contributed by atoms with Gasteiger partial charge in [0.1, 0.15) is 5.82 Å². The summed E-state index contributed by atoms with van der Waals surface area (Å²) < 4.78 is 13.8. The fourth-order valence-electron chi connectivity index (χ4n) is 2.41. The van der Waals surface area contributed by atoms with Gasteiger partial charge >= 0.3 is 5.97 Å². The molecule has 0 bridgehead atoms. The highest BCUT2D eigenvalue weighted by Gasteiger charge is 2.39. The number of carboxylic acid groups (broad SMARTS) is 1. The summed E-state index contributed by atoms with van der Waals surface area (Å²) in [5.74, 6) is -2.32. The zero-order valence-corrected chi connectivity index (χ0v) is 10.1. The van der Waals surface area contributed by atoms with E-state index in [4.69, 9.17) is 16.7 Å². The molecule has 92 valence electrons. The molecule has 1 saturated heterocycles. The van der Waals surface area contributed by atoms with Crippen LogP contribution in [0.15, 0.2) is 18.2 Å². The normalized spacial score (nSPS) is 25.1. The van der Waals surface area contributed by atoms with E-state index < -0.39 is 17.7 Å². The zero-order chi connectivity index (χ0) is 12.6. The van der Waals surface area contributed by atoms with Crippen molar-refractivity contribution in [2.24, 2.45) is 5.92 Å². The monoisotopic (exact) mass is 257 g/mol. The lowest BCUT2D eigenvalue weighted by Crippen LogP contribution is -2.22. The molecule has 1 fully saturated rings. The van der Waals surface area contributed by atoms with Crippen molar-refractivity contribution in [3.63, 3.8) is 0 Å². The summed E-state index contributed by atoms with van der Waals surface area (Å²) in [7, 11) is 1.82. The van der Waals surface area contributed by atoms with E-state index in [-0.39, 0.29) is 5.92 Å². The fraction of sp³-hybridized carbons (Fsp3) is 0.417. The van der Waals surface area contributed by atoms with Gasteiger partial charge in [-0.3, -0.25) is 4.79 Å². The van der Waals surface area contributed by atoms with Crippen molar-refractivity contribution in [3.05, 3.63) is 34.6 Å². The number of hydrogen-bond donors (Lipinski definition) is 1. The van der Waals surface area contributed by atoms with Gasteiger partial charge in [-0.15, -0.1) is 0 Å². The molecule has 0 unspecified atom stereocenters. The SMILES string of the molecule is CN1C[C@@H](C(=O)O)[C@H](c2c(F)cccc2Cl)C1. The third kappa shape index (κ3) is 2.28. The number of likely N-dealkylation sites (N-methyl/N-ethyl adjacent to an activating group) is 1. The van der Waals surface area contributed by atoms with Crippen LogP contribution >= 0.6 is 11.6 Å². The Hall–Kier alpha value is -1.13. The lowest BCUT2D eigenvalue weighted by Gasteiger charge is -2.17. The van der Waals surface area contributed by atoms with Crippen LogP contribution in [0.25, 0.3) is 0 Å². The van der Waals surface area contributed by atoms with Gasteiger partial charge in [0.15, 0.2) is 0 Å². The summed E-state index contributed by atoms with van der Waals surface area (Å²) in [6, 6.07) is 4.44. The van der Waals surface area contributed by atoms with Crippen molar-refractivity contribution in [3.8, 4) is 0 Å². The first-order valence-corrected chi connectivity index (χ1v) is 5.73. The number of benzene rings is 1. The number of rotatable bonds is 2. The average Bonchev–Trinajstić information content (AvgIpc) is 2.60. The molecule has 0 radical (unpaired) electrons. The van der Waals surface area contributed by atoms with E-state index in [1.165, 1.54) is 12.1 Å². The fourth-order valence-corrected chi connectivity index (χ4v) is 2.71. The highest BCUT2D eigenvalue weighted by atomic mass is 35.5. The van der Waals surface area contributed by atoms with Crippen molar-refractivity contribution < 1.29 is 14.3 Å². The highest BCUT2D eigenvalue weighted by Crippen LogP contribution is 2.37. The van der Waals surface area contributed by atoms with Gasteiger partial charge in [-0.25, -0.2) is 4.39 Å². The predicted molar refractivity (Wildman–Crippen MR) is 62.8 cm³/mol. The molecule has 2 rings (SSSR count). The molecule has 0 amide bonds. The number of nitrogens with zero attached hydrogens (tertiary/aromatic N) is 1. The molecule has 0 aliphatic carbocycles. The summed E-state index contributed by atoms with van der Waals surface area (Å²) in [4.78, 5) is 13.0. The van der Waals surface area contributed by atoms with Crippen LogP contribution in [-0.2, 0) is 4.79 Å². The molecule has 1 aliphatic heterocycles. The zero-order valence-electron chi connectivity index (χ0n) is 9.36. The summed E-state index contributed by atoms with van der Waals surface area (Å²) in [5.41, 5.74) is 0.325. The van der Waals surface area contributed by atoms with Gasteiger partial charge in [0, 0.05) is 29.6 Å². The predicted octanol–water partition coefficient (Wildman–Crippen LogP) is 2.21. The maximum absolute atomic E-state index is 13.8. The van der Waals surface area contributed by atoms with Crippen LogP contribution in [0.5, 0.6) is 0 Å². The maximum atomic E-state index is 13.8. The topological polar surface area (TPSA) is 40.5 Å². The Kier molecular flexibility index (Phi) is 3.35. The van der Waals surface area contributed by atoms with Crippen molar-refractivity contribution >= 4 is 17.6 Å². The number of carbonyl (C=O) groups is 1. The Bertz CT molecular complexity index is 432. The maximum Gasteiger partial charge on any atom is 0.308 e. The van der Waals surface area contributed by atoms with Gasteiger partial charge in [-0.1, -0.05) is 17.7 Å². The molecule has 1 heterocycles. The van der Waals surface area contributed by atoms with E-state index in [2.05, 4.69) is 0 Å². The standard InChI is InChI=1S/C12H13ClFNO2/c1-15-5-7(8(6-15)12(16)17)11-9(13)3-2-4-10(11)14/h2-4,7-8H,5-6H2,1H3,(H,16,17)/t7-,8-/m1/s1. The van der Waals surface area contributed by atoms with Gasteiger partial charge in [-0.05, 0) is 19.2 Å². The Morgan fingerprint density at radius 3 is 2.82 bits per heavy atom. The van der Waals surface area contributed by atoms with Crippen LogP contribution in [0.2, 0.25) is 5.02 Å². The minimum atomic E-state index is -0.904. The van der Waals surface area contributed by atoms with Crippen molar-refractivity contribution in [1.82, 2.24) is 4.90 Å². The quantitative estimate of drug-likeness (QED) is 0.883. The second-order valence-corrected chi connectivity index (χ2v) is 4.81. The van der Waals surface area contributed by atoms with Crippen LogP contribution < -0.4 is 0 Å². The van der Waals surface area contributed by atoms with Crippen molar-refractivity contribution in [2.45, 2.75) is 5.92 Å². The second kappa shape index (κ2) is 4.63. The Morgan fingerprint density at radius 2 is 2.24 bits per heavy atom. The Morgan fingerprint density at radius 1 is 1.53 bits per heavy atom. The molecule has 1 N–H and O–H groups in total. The number of likely N-dealkylation sites (tertiary alicyclic amines) is 1. The third-order valence-electron chi connectivity index (χ3n) is 3.19. The van der Waals surface area contributed by atoms with Gasteiger partial charge in [-0.2, -0.15) is 0 Å². The first-order valence-electron chi connectivity index (χ1n) is 5.36. The third-order valence-corrected chi connectivity index (χ3v) is 3.52. The molecular formula is C12H13ClFNO2. The van der Waals surface area contributed by atoms with E-state index >= 15 is 0 Å². The molecule has 3 nitrogen and oxygen atoms in total. The average molecular weight is 258 g/mol. The Balaban J connectivity index is 2.41. The molecule has 1 aromatic rings. The van der Waals surface area contributed by atoms with E-state index in [1.54, 1.807) is 6.07 Å². The molecule has 1 aliphatic rings.